The van der Waals surface area contributed by atoms with Gasteiger partial charge in [0.1, 0.15) is 5.69 Å². The number of nitrogens with zero attached hydrogens (tertiary/aromatic N) is 3. The van der Waals surface area contributed by atoms with Gasteiger partial charge in [0.05, 0.1) is 18.3 Å². The van der Waals surface area contributed by atoms with Gasteiger partial charge < -0.3 is 14.2 Å². The van der Waals surface area contributed by atoms with E-state index >= 15 is 0 Å². The second kappa shape index (κ2) is 8.41. The van der Waals surface area contributed by atoms with E-state index in [1.54, 1.807) is 36.8 Å². The van der Waals surface area contributed by atoms with E-state index in [1.165, 1.54) is 11.8 Å². The summed E-state index contributed by atoms with van der Waals surface area (Å²) >= 11 is 4.55. The molecule has 1 amide bonds. The minimum absolute atomic E-state index is 0.148. The Kier molecular flexibility index (Phi) is 5.54. The number of rotatable bonds is 6. The molecule has 3 heterocycles. The lowest BCUT2D eigenvalue weighted by atomic mass is 10.2. The molecule has 3 aromatic heterocycles. The highest BCUT2D eigenvalue weighted by molar-refractivity contribution is 9.10. The van der Waals surface area contributed by atoms with Crippen LogP contribution >= 0.6 is 27.7 Å². The molecule has 1 aromatic carbocycles. The molecule has 0 fully saturated rings. The number of hydrogen-bond acceptors (Lipinski definition) is 7. The number of anilines is 1. The van der Waals surface area contributed by atoms with E-state index in [0.717, 1.165) is 10.2 Å². The Morgan fingerprint density at radius 3 is 2.29 bits per heavy atom. The van der Waals surface area contributed by atoms with Gasteiger partial charge in [-0.1, -0.05) is 27.7 Å². The standard InChI is InChI=1S/C19H13BrN4O3S/c20-12-5-7-13(8-6-12)21-16(25)11-28-19-22-17(14-3-1-9-26-14)18(23-24-19)15-4-2-10-27-15/h1-10H,11H2,(H,21,25). The zero-order valence-electron chi connectivity index (χ0n) is 14.3. The molecule has 0 saturated heterocycles. The number of amides is 1. The van der Waals surface area contributed by atoms with Gasteiger partial charge in [-0.05, 0) is 48.5 Å². The van der Waals surface area contributed by atoms with E-state index in [1.807, 2.05) is 24.3 Å². The summed E-state index contributed by atoms with van der Waals surface area (Å²) in [6.07, 6.45) is 3.11. The molecular weight excluding hydrogens is 444 g/mol. The fraction of sp³-hybridized carbons (Fsp3) is 0.0526. The number of hydrogen-bond donors (Lipinski definition) is 1. The minimum Gasteiger partial charge on any atom is -0.463 e. The van der Waals surface area contributed by atoms with Crippen LogP contribution in [0.15, 0.2) is 79.5 Å². The molecule has 0 saturated carbocycles. The molecule has 0 radical (unpaired) electrons. The van der Waals surface area contributed by atoms with Gasteiger partial charge in [0.25, 0.3) is 0 Å². The summed E-state index contributed by atoms with van der Waals surface area (Å²) < 4.78 is 11.8. The van der Waals surface area contributed by atoms with Crippen molar-refractivity contribution in [3.05, 3.63) is 65.5 Å². The lowest BCUT2D eigenvalue weighted by molar-refractivity contribution is -0.113. The zero-order valence-corrected chi connectivity index (χ0v) is 16.7. The average molecular weight is 457 g/mol. The average Bonchev–Trinajstić information content (AvgIpc) is 3.42. The molecule has 0 aliphatic carbocycles. The summed E-state index contributed by atoms with van der Waals surface area (Å²) in [4.78, 5) is 16.7. The van der Waals surface area contributed by atoms with Crippen molar-refractivity contribution in [2.75, 3.05) is 11.1 Å². The third-order valence-electron chi connectivity index (χ3n) is 3.64. The number of carbonyl (C=O) groups excluding carboxylic acids is 1. The first-order chi connectivity index (χ1) is 13.7. The molecule has 9 heteroatoms. The van der Waals surface area contributed by atoms with Crippen LogP contribution in [0.3, 0.4) is 0 Å². The second-order valence-corrected chi connectivity index (χ2v) is 7.45. The van der Waals surface area contributed by atoms with E-state index < -0.39 is 0 Å². The molecular formula is C19H13BrN4O3S. The Bertz CT molecular complexity index is 1070. The van der Waals surface area contributed by atoms with Crippen LogP contribution in [0, 0.1) is 0 Å². The van der Waals surface area contributed by atoms with Crippen molar-refractivity contribution in [2.24, 2.45) is 0 Å². The number of aromatic nitrogens is 3. The molecule has 0 aliphatic heterocycles. The first kappa shape index (κ1) is 18.5. The smallest absolute Gasteiger partial charge is 0.234 e. The summed E-state index contributed by atoms with van der Waals surface area (Å²) in [5.41, 5.74) is 1.70. The Balaban J connectivity index is 1.50. The van der Waals surface area contributed by atoms with E-state index in [0.29, 0.717) is 28.1 Å². The van der Waals surface area contributed by atoms with Crippen LogP contribution in [0.25, 0.3) is 22.9 Å². The third kappa shape index (κ3) is 4.32. The largest absolute Gasteiger partial charge is 0.463 e. The van der Waals surface area contributed by atoms with Crippen LogP contribution < -0.4 is 5.32 Å². The van der Waals surface area contributed by atoms with Gasteiger partial charge in [-0.2, -0.15) is 0 Å². The predicted octanol–water partition coefficient (Wildman–Crippen LogP) is 4.88. The van der Waals surface area contributed by atoms with Crippen molar-refractivity contribution >= 4 is 39.3 Å². The fourth-order valence-corrected chi connectivity index (χ4v) is 3.25. The summed E-state index contributed by atoms with van der Waals surface area (Å²) in [5, 5.41) is 11.5. The number of carbonyl (C=O) groups is 1. The quantitative estimate of drug-likeness (QED) is 0.412. The molecule has 0 unspecified atom stereocenters. The maximum Gasteiger partial charge on any atom is 0.234 e. The molecule has 7 nitrogen and oxygen atoms in total. The topological polar surface area (TPSA) is 94.0 Å². The van der Waals surface area contributed by atoms with Crippen molar-refractivity contribution in [3.63, 3.8) is 0 Å². The first-order valence-corrected chi connectivity index (χ1v) is 9.97. The SMILES string of the molecule is O=C(CSc1nnc(-c2ccco2)c(-c2ccco2)n1)Nc1ccc(Br)cc1. The molecule has 1 N–H and O–H groups in total. The van der Waals surface area contributed by atoms with Crippen molar-refractivity contribution in [1.29, 1.82) is 0 Å². The normalized spacial score (nSPS) is 10.8. The maximum absolute atomic E-state index is 12.2. The minimum atomic E-state index is -0.161. The highest BCUT2D eigenvalue weighted by Crippen LogP contribution is 2.30. The summed E-state index contributed by atoms with van der Waals surface area (Å²) in [5.74, 6) is 1.07. The maximum atomic E-state index is 12.2. The van der Waals surface area contributed by atoms with Gasteiger partial charge in [-0.3, -0.25) is 4.79 Å². The van der Waals surface area contributed by atoms with E-state index in [2.05, 4.69) is 36.4 Å². The van der Waals surface area contributed by atoms with Gasteiger partial charge in [0.15, 0.2) is 17.2 Å². The number of thioether (sulfide) groups is 1. The molecule has 0 spiro atoms. The van der Waals surface area contributed by atoms with Gasteiger partial charge in [-0.25, -0.2) is 4.98 Å². The van der Waals surface area contributed by atoms with E-state index in [-0.39, 0.29) is 11.7 Å². The monoisotopic (exact) mass is 456 g/mol. The van der Waals surface area contributed by atoms with Crippen molar-refractivity contribution in [1.82, 2.24) is 15.2 Å². The molecule has 0 bridgehead atoms. The van der Waals surface area contributed by atoms with Crippen LogP contribution in [0.1, 0.15) is 0 Å². The van der Waals surface area contributed by atoms with Gasteiger partial charge in [0.2, 0.25) is 11.1 Å². The molecule has 140 valence electrons. The Labute approximate surface area is 172 Å². The van der Waals surface area contributed by atoms with E-state index in [4.69, 9.17) is 8.83 Å². The summed E-state index contributed by atoms with van der Waals surface area (Å²) in [6.45, 7) is 0. The molecule has 0 aliphatic rings. The lowest BCUT2D eigenvalue weighted by Gasteiger charge is -2.06. The molecule has 4 rings (SSSR count). The van der Waals surface area contributed by atoms with Crippen molar-refractivity contribution in [3.8, 4) is 22.9 Å². The van der Waals surface area contributed by atoms with Crippen molar-refractivity contribution < 1.29 is 13.6 Å². The van der Waals surface area contributed by atoms with Crippen molar-refractivity contribution in [2.45, 2.75) is 5.16 Å². The molecule has 28 heavy (non-hydrogen) atoms. The highest BCUT2D eigenvalue weighted by Gasteiger charge is 2.18. The van der Waals surface area contributed by atoms with Crippen LogP contribution in [0.2, 0.25) is 0 Å². The summed E-state index contributed by atoms with van der Waals surface area (Å²) in [7, 11) is 0. The highest BCUT2D eigenvalue weighted by atomic mass is 79.9. The summed E-state index contributed by atoms with van der Waals surface area (Å²) in [6, 6.07) is 14.4. The first-order valence-electron chi connectivity index (χ1n) is 8.20. The van der Waals surface area contributed by atoms with Gasteiger partial charge >= 0.3 is 0 Å². The lowest BCUT2D eigenvalue weighted by Crippen LogP contribution is -2.14. The third-order valence-corrected chi connectivity index (χ3v) is 5.00. The van der Waals surface area contributed by atoms with Gasteiger partial charge in [0, 0.05) is 10.2 Å². The van der Waals surface area contributed by atoms with E-state index in [9.17, 15) is 4.79 Å². The van der Waals surface area contributed by atoms with Crippen LogP contribution in [0.5, 0.6) is 0 Å². The number of benzene rings is 1. The molecule has 0 atom stereocenters. The Morgan fingerprint density at radius 2 is 1.64 bits per heavy atom. The number of halogens is 1. The number of furan rings is 2. The predicted molar refractivity (Wildman–Crippen MR) is 109 cm³/mol. The second-order valence-electron chi connectivity index (χ2n) is 5.59. The van der Waals surface area contributed by atoms with Crippen LogP contribution in [-0.4, -0.2) is 26.8 Å². The molecule has 4 aromatic rings. The zero-order chi connectivity index (χ0) is 19.3. The Morgan fingerprint density at radius 1 is 0.964 bits per heavy atom. The Hall–Kier alpha value is -2.91. The van der Waals surface area contributed by atoms with Crippen LogP contribution in [0.4, 0.5) is 5.69 Å². The van der Waals surface area contributed by atoms with Crippen LogP contribution in [-0.2, 0) is 4.79 Å². The number of nitrogens with one attached hydrogen (secondary N) is 1. The van der Waals surface area contributed by atoms with Gasteiger partial charge in [-0.15, -0.1) is 10.2 Å². The fourth-order valence-electron chi connectivity index (χ4n) is 2.40.